The highest BCUT2D eigenvalue weighted by Gasteiger charge is 2.02. The summed E-state index contributed by atoms with van der Waals surface area (Å²) in [5.74, 6) is -0.973. The molecule has 0 fully saturated rings. The molecule has 0 unspecified atom stereocenters. The Balaban J connectivity index is 4.00. The van der Waals surface area contributed by atoms with Gasteiger partial charge in [0.15, 0.2) is 0 Å². The molecule has 0 saturated heterocycles. The molecule has 0 amide bonds. The third-order valence-electron chi connectivity index (χ3n) is 0.909. The summed E-state index contributed by atoms with van der Waals surface area (Å²) >= 11 is 0. The molecule has 0 aromatic carbocycles. The lowest BCUT2D eigenvalue weighted by atomic mass is 10.3. The minimum atomic E-state index is -0.508. The second kappa shape index (κ2) is 4.49. The summed E-state index contributed by atoms with van der Waals surface area (Å²) in [4.78, 5) is 20.9. The molecule has 0 aromatic rings. The summed E-state index contributed by atoms with van der Waals surface area (Å²) < 4.78 is 8.77. The van der Waals surface area contributed by atoms with Crippen molar-refractivity contribution in [2.45, 2.75) is 13.8 Å². The highest BCUT2D eigenvalue weighted by atomic mass is 16.5. The number of carbonyl (C=O) groups is 2. The van der Waals surface area contributed by atoms with Crippen molar-refractivity contribution in [2.75, 3.05) is 7.11 Å². The molecule has 0 heterocycles. The third-order valence-corrected chi connectivity index (χ3v) is 0.909. The van der Waals surface area contributed by atoms with Gasteiger partial charge < -0.3 is 9.47 Å². The summed E-state index contributed by atoms with van der Waals surface area (Å²) in [6.45, 7) is 2.75. The normalized spacial score (nSPS) is 10.6. The number of hydrogen-bond donors (Lipinski definition) is 0. The van der Waals surface area contributed by atoms with Crippen LogP contribution in [0.2, 0.25) is 0 Å². The zero-order valence-corrected chi connectivity index (χ0v) is 6.71. The van der Waals surface area contributed by atoms with Gasteiger partial charge in [-0.25, -0.2) is 4.79 Å². The summed E-state index contributed by atoms with van der Waals surface area (Å²) in [5.41, 5.74) is 0.253. The fourth-order valence-electron chi connectivity index (χ4n) is 0.380. The van der Waals surface area contributed by atoms with E-state index in [-0.39, 0.29) is 5.57 Å². The van der Waals surface area contributed by atoms with Gasteiger partial charge in [0.1, 0.15) is 6.26 Å². The molecule has 0 aliphatic heterocycles. The highest BCUT2D eigenvalue weighted by molar-refractivity contribution is 5.87. The van der Waals surface area contributed by atoms with Crippen molar-refractivity contribution in [1.29, 1.82) is 0 Å². The molecule has 0 atom stereocenters. The SMILES string of the molecule is COC(=O)/C(C)=C/OC(C)=O. The van der Waals surface area contributed by atoms with Crippen molar-refractivity contribution in [3.05, 3.63) is 11.8 Å². The van der Waals surface area contributed by atoms with Gasteiger partial charge in [-0.15, -0.1) is 0 Å². The van der Waals surface area contributed by atoms with Crippen LogP contribution in [0.15, 0.2) is 11.8 Å². The molecule has 0 saturated carbocycles. The summed E-state index contributed by atoms with van der Waals surface area (Å²) in [7, 11) is 1.26. The van der Waals surface area contributed by atoms with Crippen LogP contribution in [0.5, 0.6) is 0 Å². The van der Waals surface area contributed by atoms with Crippen molar-refractivity contribution in [3.63, 3.8) is 0 Å². The molecular formula is C7H10O4. The van der Waals surface area contributed by atoms with E-state index in [1.807, 2.05) is 0 Å². The molecule has 0 aliphatic carbocycles. The van der Waals surface area contributed by atoms with E-state index in [9.17, 15) is 9.59 Å². The maximum atomic E-state index is 10.6. The maximum absolute atomic E-state index is 10.6. The predicted octanol–water partition coefficient (Wildman–Crippen LogP) is 0.626. The predicted molar refractivity (Wildman–Crippen MR) is 37.5 cm³/mol. The molecule has 0 radical (unpaired) electrons. The summed E-state index contributed by atoms with van der Waals surface area (Å²) in [5, 5.41) is 0. The van der Waals surface area contributed by atoms with E-state index in [1.54, 1.807) is 0 Å². The molecule has 0 rings (SSSR count). The summed E-state index contributed by atoms with van der Waals surface area (Å²) in [6, 6.07) is 0. The van der Waals surface area contributed by atoms with Gasteiger partial charge in [0.2, 0.25) is 0 Å². The minimum absolute atomic E-state index is 0.253. The van der Waals surface area contributed by atoms with Gasteiger partial charge >= 0.3 is 11.9 Å². The van der Waals surface area contributed by atoms with Crippen molar-refractivity contribution < 1.29 is 19.1 Å². The first-order valence-corrected chi connectivity index (χ1v) is 3.00. The molecule has 0 bridgehead atoms. The van der Waals surface area contributed by atoms with E-state index < -0.39 is 11.9 Å². The molecule has 0 aromatic heterocycles. The van der Waals surface area contributed by atoms with Crippen molar-refractivity contribution in [2.24, 2.45) is 0 Å². The van der Waals surface area contributed by atoms with E-state index in [1.165, 1.54) is 21.0 Å². The van der Waals surface area contributed by atoms with Gasteiger partial charge in [-0.2, -0.15) is 0 Å². The zero-order valence-electron chi connectivity index (χ0n) is 6.71. The van der Waals surface area contributed by atoms with Gasteiger partial charge in [0.25, 0.3) is 0 Å². The zero-order chi connectivity index (χ0) is 8.85. The van der Waals surface area contributed by atoms with Gasteiger partial charge in [0, 0.05) is 6.92 Å². The van der Waals surface area contributed by atoms with Crippen LogP contribution in [0, 0.1) is 0 Å². The molecule has 0 N–H and O–H groups in total. The molecule has 0 aliphatic rings. The largest absolute Gasteiger partial charge is 0.466 e. The minimum Gasteiger partial charge on any atom is -0.466 e. The quantitative estimate of drug-likeness (QED) is 0.336. The van der Waals surface area contributed by atoms with Crippen LogP contribution in [0.3, 0.4) is 0 Å². The van der Waals surface area contributed by atoms with Crippen molar-refractivity contribution in [3.8, 4) is 0 Å². The smallest absolute Gasteiger partial charge is 0.336 e. The lowest BCUT2D eigenvalue weighted by molar-refractivity contribution is -0.137. The summed E-state index contributed by atoms with van der Waals surface area (Å²) in [6.07, 6.45) is 1.06. The number of methoxy groups -OCH3 is 1. The first-order valence-electron chi connectivity index (χ1n) is 3.00. The first kappa shape index (κ1) is 9.68. The topological polar surface area (TPSA) is 52.6 Å². The van der Waals surface area contributed by atoms with Crippen LogP contribution < -0.4 is 0 Å². The fourth-order valence-corrected chi connectivity index (χ4v) is 0.380. The van der Waals surface area contributed by atoms with E-state index >= 15 is 0 Å². The van der Waals surface area contributed by atoms with Crippen LogP contribution >= 0.6 is 0 Å². The second-order valence-corrected chi connectivity index (χ2v) is 1.90. The van der Waals surface area contributed by atoms with Crippen LogP contribution in [-0.4, -0.2) is 19.0 Å². The number of esters is 2. The number of ether oxygens (including phenoxy) is 2. The van der Waals surface area contributed by atoms with Gasteiger partial charge in [-0.05, 0) is 6.92 Å². The third kappa shape index (κ3) is 4.13. The molecule has 4 nitrogen and oxygen atoms in total. The number of rotatable bonds is 2. The Morgan fingerprint density at radius 3 is 2.18 bits per heavy atom. The Kier molecular flexibility index (Phi) is 3.95. The number of carbonyl (C=O) groups excluding carboxylic acids is 2. The van der Waals surface area contributed by atoms with E-state index in [0.29, 0.717) is 0 Å². The van der Waals surface area contributed by atoms with Crippen LogP contribution in [-0.2, 0) is 19.1 Å². The van der Waals surface area contributed by atoms with Crippen molar-refractivity contribution >= 4 is 11.9 Å². The molecule has 0 spiro atoms. The lowest BCUT2D eigenvalue weighted by Gasteiger charge is -1.97. The van der Waals surface area contributed by atoms with Crippen LogP contribution in [0.25, 0.3) is 0 Å². The fraction of sp³-hybridized carbons (Fsp3) is 0.429. The Bertz CT molecular complexity index is 193. The molecule has 62 valence electrons. The monoisotopic (exact) mass is 158 g/mol. The Labute approximate surface area is 64.8 Å². The van der Waals surface area contributed by atoms with Gasteiger partial charge in [0.05, 0.1) is 12.7 Å². The Morgan fingerprint density at radius 1 is 1.27 bits per heavy atom. The number of hydrogen-bond acceptors (Lipinski definition) is 4. The van der Waals surface area contributed by atoms with Crippen molar-refractivity contribution in [1.82, 2.24) is 0 Å². The van der Waals surface area contributed by atoms with Gasteiger partial charge in [-0.3, -0.25) is 4.79 Å². The van der Waals surface area contributed by atoms with E-state index in [0.717, 1.165) is 6.26 Å². The highest BCUT2D eigenvalue weighted by Crippen LogP contribution is 1.95. The van der Waals surface area contributed by atoms with E-state index in [2.05, 4.69) is 9.47 Å². The average molecular weight is 158 g/mol. The standard InChI is InChI=1S/C7H10O4/c1-5(7(9)10-3)4-11-6(2)8/h4H,1-3H3/b5-4+. The Morgan fingerprint density at radius 2 is 1.82 bits per heavy atom. The second-order valence-electron chi connectivity index (χ2n) is 1.90. The molecular weight excluding hydrogens is 148 g/mol. The van der Waals surface area contributed by atoms with Crippen LogP contribution in [0.4, 0.5) is 0 Å². The Hall–Kier alpha value is -1.32. The lowest BCUT2D eigenvalue weighted by Crippen LogP contribution is -2.03. The molecule has 4 heteroatoms. The average Bonchev–Trinajstić information content (AvgIpc) is 1.98. The van der Waals surface area contributed by atoms with E-state index in [4.69, 9.17) is 0 Å². The maximum Gasteiger partial charge on any atom is 0.336 e. The molecule has 11 heavy (non-hydrogen) atoms. The van der Waals surface area contributed by atoms with Gasteiger partial charge in [-0.1, -0.05) is 0 Å². The first-order chi connectivity index (χ1) is 5.07. The van der Waals surface area contributed by atoms with Crippen LogP contribution in [0.1, 0.15) is 13.8 Å².